The van der Waals surface area contributed by atoms with Gasteiger partial charge in [0.1, 0.15) is 12.4 Å². The maximum atomic E-state index is 5.74. The molecule has 0 radical (unpaired) electrons. The standard InChI is InChI=1S/C14H13N3OS/c1-17-13(15-16-14(17)19)9-18-12-7-6-10-4-2-3-5-11(10)8-12/h2-8H,9H2,1H3,(H,16,19). The Morgan fingerprint density at radius 3 is 2.63 bits per heavy atom. The third-order valence-corrected chi connectivity index (χ3v) is 3.42. The van der Waals surface area contributed by atoms with Crippen molar-refractivity contribution in [3.05, 3.63) is 48.3 Å². The van der Waals surface area contributed by atoms with E-state index in [2.05, 4.69) is 35.0 Å². The van der Waals surface area contributed by atoms with Crippen LogP contribution < -0.4 is 4.74 Å². The van der Waals surface area contributed by atoms with Gasteiger partial charge < -0.3 is 9.30 Å². The SMILES string of the molecule is Cn1c(S)nnc1COc1ccc2ccccc2c1. The molecule has 0 saturated carbocycles. The van der Waals surface area contributed by atoms with Gasteiger partial charge in [-0.15, -0.1) is 22.8 Å². The third kappa shape index (κ3) is 2.42. The molecule has 2 aromatic carbocycles. The zero-order chi connectivity index (χ0) is 13.2. The Bertz CT molecular complexity index is 724. The summed E-state index contributed by atoms with van der Waals surface area (Å²) >= 11 is 4.18. The van der Waals surface area contributed by atoms with Crippen molar-refractivity contribution in [2.45, 2.75) is 11.8 Å². The van der Waals surface area contributed by atoms with E-state index in [0.29, 0.717) is 11.8 Å². The molecule has 1 aromatic heterocycles. The Hall–Kier alpha value is -2.01. The van der Waals surface area contributed by atoms with Gasteiger partial charge in [0.05, 0.1) is 0 Å². The summed E-state index contributed by atoms with van der Waals surface area (Å²) in [6, 6.07) is 14.2. The van der Waals surface area contributed by atoms with E-state index in [1.54, 1.807) is 4.57 Å². The highest BCUT2D eigenvalue weighted by atomic mass is 32.1. The molecule has 0 unspecified atom stereocenters. The predicted octanol–water partition coefficient (Wildman–Crippen LogP) is 2.84. The Kier molecular flexibility index (Phi) is 3.13. The number of thiol groups is 1. The number of nitrogens with zero attached hydrogens (tertiary/aromatic N) is 3. The van der Waals surface area contributed by atoms with Crippen LogP contribution in [0.3, 0.4) is 0 Å². The summed E-state index contributed by atoms with van der Waals surface area (Å²) in [7, 11) is 1.86. The van der Waals surface area contributed by atoms with Crippen LogP contribution in [-0.4, -0.2) is 14.8 Å². The van der Waals surface area contributed by atoms with Gasteiger partial charge >= 0.3 is 0 Å². The molecule has 0 bridgehead atoms. The second-order valence-electron chi connectivity index (χ2n) is 4.27. The Balaban J connectivity index is 1.80. The van der Waals surface area contributed by atoms with E-state index in [4.69, 9.17) is 4.74 Å². The molecule has 3 rings (SSSR count). The van der Waals surface area contributed by atoms with Gasteiger partial charge in [0.25, 0.3) is 0 Å². The number of fused-ring (bicyclic) bond motifs is 1. The number of hydrogen-bond donors (Lipinski definition) is 1. The molecule has 0 aliphatic carbocycles. The lowest BCUT2D eigenvalue weighted by Gasteiger charge is -2.07. The quantitative estimate of drug-likeness (QED) is 0.745. The molecule has 0 N–H and O–H groups in total. The Morgan fingerprint density at radius 1 is 1.11 bits per heavy atom. The first-order valence-corrected chi connectivity index (χ1v) is 6.37. The molecule has 0 aliphatic rings. The van der Waals surface area contributed by atoms with Crippen LogP contribution in [0.25, 0.3) is 10.8 Å². The summed E-state index contributed by atoms with van der Waals surface area (Å²) in [4.78, 5) is 0. The van der Waals surface area contributed by atoms with Crippen molar-refractivity contribution >= 4 is 23.4 Å². The molecule has 4 nitrogen and oxygen atoms in total. The maximum absolute atomic E-state index is 5.74. The zero-order valence-electron chi connectivity index (χ0n) is 10.4. The largest absolute Gasteiger partial charge is 0.486 e. The van der Waals surface area contributed by atoms with Gasteiger partial charge in [-0.25, -0.2) is 0 Å². The van der Waals surface area contributed by atoms with Crippen LogP contribution in [0.4, 0.5) is 0 Å². The van der Waals surface area contributed by atoms with Gasteiger partial charge in [-0.1, -0.05) is 30.3 Å². The molecule has 96 valence electrons. The first-order valence-electron chi connectivity index (χ1n) is 5.93. The monoisotopic (exact) mass is 271 g/mol. The molecular formula is C14H13N3OS. The van der Waals surface area contributed by atoms with Crippen LogP contribution in [0.2, 0.25) is 0 Å². The van der Waals surface area contributed by atoms with E-state index in [9.17, 15) is 0 Å². The number of benzene rings is 2. The van der Waals surface area contributed by atoms with Crippen LogP contribution in [0.1, 0.15) is 5.82 Å². The maximum Gasteiger partial charge on any atom is 0.187 e. The van der Waals surface area contributed by atoms with Crippen LogP contribution >= 0.6 is 12.6 Å². The molecule has 1 heterocycles. The fourth-order valence-electron chi connectivity index (χ4n) is 1.88. The summed E-state index contributed by atoms with van der Waals surface area (Å²) in [5.41, 5.74) is 0. The highest BCUT2D eigenvalue weighted by Crippen LogP contribution is 2.21. The Labute approximate surface area is 116 Å². The molecular weight excluding hydrogens is 258 g/mol. The second-order valence-corrected chi connectivity index (χ2v) is 4.67. The molecule has 0 amide bonds. The van der Waals surface area contributed by atoms with E-state index >= 15 is 0 Å². The molecule has 5 heteroatoms. The summed E-state index contributed by atoms with van der Waals surface area (Å²) in [5, 5.41) is 10.8. The van der Waals surface area contributed by atoms with Gasteiger partial charge in [0, 0.05) is 7.05 Å². The van der Waals surface area contributed by atoms with Crippen molar-refractivity contribution in [2.24, 2.45) is 7.05 Å². The molecule has 0 saturated heterocycles. The average Bonchev–Trinajstić information content (AvgIpc) is 2.76. The van der Waals surface area contributed by atoms with Gasteiger partial charge in [0.2, 0.25) is 0 Å². The smallest absolute Gasteiger partial charge is 0.187 e. The first-order chi connectivity index (χ1) is 9.24. The molecule has 0 spiro atoms. The van der Waals surface area contributed by atoms with Crippen LogP contribution in [0.15, 0.2) is 47.6 Å². The van der Waals surface area contributed by atoms with E-state index in [0.717, 1.165) is 17.0 Å². The summed E-state index contributed by atoms with van der Waals surface area (Å²) in [5.74, 6) is 1.57. The minimum atomic E-state index is 0.377. The molecule has 0 aliphatic heterocycles. The lowest BCUT2D eigenvalue weighted by atomic mass is 10.1. The van der Waals surface area contributed by atoms with Gasteiger partial charge in [-0.2, -0.15) is 0 Å². The normalized spacial score (nSPS) is 10.8. The van der Waals surface area contributed by atoms with Crippen LogP contribution in [0, 0.1) is 0 Å². The molecule has 3 aromatic rings. The summed E-state index contributed by atoms with van der Waals surface area (Å²) < 4.78 is 7.53. The van der Waals surface area contributed by atoms with Gasteiger partial charge in [0.15, 0.2) is 11.0 Å². The van der Waals surface area contributed by atoms with Crippen molar-refractivity contribution < 1.29 is 4.74 Å². The lowest BCUT2D eigenvalue weighted by molar-refractivity contribution is 0.291. The fraction of sp³-hybridized carbons (Fsp3) is 0.143. The van der Waals surface area contributed by atoms with Gasteiger partial charge in [-0.3, -0.25) is 0 Å². The average molecular weight is 271 g/mol. The molecule has 0 atom stereocenters. The van der Waals surface area contributed by atoms with Gasteiger partial charge in [-0.05, 0) is 22.9 Å². The number of rotatable bonds is 3. The van der Waals surface area contributed by atoms with Crippen molar-refractivity contribution in [1.82, 2.24) is 14.8 Å². The predicted molar refractivity (Wildman–Crippen MR) is 76.5 cm³/mol. The lowest BCUT2D eigenvalue weighted by Crippen LogP contribution is -2.03. The van der Waals surface area contributed by atoms with Crippen LogP contribution in [-0.2, 0) is 13.7 Å². The van der Waals surface area contributed by atoms with E-state index in [1.165, 1.54) is 5.39 Å². The fourth-order valence-corrected chi connectivity index (χ4v) is 2.04. The van der Waals surface area contributed by atoms with Crippen LogP contribution in [0.5, 0.6) is 5.75 Å². The second kappa shape index (κ2) is 4.93. The highest BCUT2D eigenvalue weighted by Gasteiger charge is 2.06. The van der Waals surface area contributed by atoms with Crippen molar-refractivity contribution in [1.29, 1.82) is 0 Å². The summed E-state index contributed by atoms with van der Waals surface area (Å²) in [6.45, 7) is 0.377. The minimum absolute atomic E-state index is 0.377. The first kappa shape index (κ1) is 12.0. The highest BCUT2D eigenvalue weighted by molar-refractivity contribution is 7.80. The minimum Gasteiger partial charge on any atom is -0.486 e. The number of hydrogen-bond acceptors (Lipinski definition) is 4. The molecule has 19 heavy (non-hydrogen) atoms. The summed E-state index contributed by atoms with van der Waals surface area (Å²) in [6.07, 6.45) is 0. The number of aromatic nitrogens is 3. The Morgan fingerprint density at radius 2 is 1.89 bits per heavy atom. The van der Waals surface area contributed by atoms with Crippen molar-refractivity contribution in [2.75, 3.05) is 0 Å². The van der Waals surface area contributed by atoms with E-state index in [1.807, 2.05) is 37.4 Å². The topological polar surface area (TPSA) is 39.9 Å². The zero-order valence-corrected chi connectivity index (χ0v) is 11.3. The van der Waals surface area contributed by atoms with E-state index in [-0.39, 0.29) is 0 Å². The van der Waals surface area contributed by atoms with Crippen molar-refractivity contribution in [3.8, 4) is 5.75 Å². The van der Waals surface area contributed by atoms with E-state index < -0.39 is 0 Å². The number of ether oxygens (including phenoxy) is 1. The van der Waals surface area contributed by atoms with Crippen molar-refractivity contribution in [3.63, 3.8) is 0 Å². The third-order valence-electron chi connectivity index (χ3n) is 3.03. The molecule has 0 fully saturated rings.